The van der Waals surface area contributed by atoms with Gasteiger partial charge in [0.1, 0.15) is 0 Å². The number of hydrogen-bond donors (Lipinski definition) is 1. The molecular formula is C19H11Cl2N3O3S4. The molecule has 31 heavy (non-hydrogen) atoms. The number of amides is 1. The molecule has 2 heterocycles. The number of carbonyl (C=O) groups is 1. The number of aromatic nitrogens is 1. The van der Waals surface area contributed by atoms with E-state index in [0.29, 0.717) is 30.5 Å². The van der Waals surface area contributed by atoms with E-state index in [4.69, 9.17) is 35.4 Å². The van der Waals surface area contributed by atoms with Gasteiger partial charge in [0, 0.05) is 21.6 Å². The van der Waals surface area contributed by atoms with Gasteiger partial charge in [-0.2, -0.15) is 0 Å². The Balaban J connectivity index is 1.58. The van der Waals surface area contributed by atoms with Crippen molar-refractivity contribution in [1.29, 1.82) is 0 Å². The van der Waals surface area contributed by atoms with Gasteiger partial charge in [0.15, 0.2) is 9.45 Å². The second-order valence-electron chi connectivity index (χ2n) is 6.12. The van der Waals surface area contributed by atoms with Crippen LogP contribution in [0.3, 0.4) is 0 Å². The number of carbonyl (C=O) groups excluding carboxylic acids is 1. The van der Waals surface area contributed by atoms with Crippen molar-refractivity contribution in [1.82, 2.24) is 4.98 Å². The average Bonchev–Trinajstić information content (AvgIpc) is 3.32. The summed E-state index contributed by atoms with van der Waals surface area (Å²) in [7, 11) is -3.79. The number of hydrogen-bond acceptors (Lipinski definition) is 7. The third-order valence-corrected chi connectivity index (χ3v) is 8.15. The molecule has 0 atom stereocenters. The number of rotatable bonds is 5. The predicted octanol–water partition coefficient (Wildman–Crippen LogP) is 5.66. The van der Waals surface area contributed by atoms with Crippen molar-refractivity contribution in [2.75, 3.05) is 9.62 Å². The minimum Gasteiger partial charge on any atom is -0.268 e. The van der Waals surface area contributed by atoms with Gasteiger partial charge in [0.25, 0.3) is 15.9 Å². The first-order valence-electron chi connectivity index (χ1n) is 8.50. The van der Waals surface area contributed by atoms with E-state index in [1.807, 2.05) is 0 Å². The smallest absolute Gasteiger partial charge is 0.268 e. The fraction of sp³-hybridized carbons (Fsp3) is 0. The summed E-state index contributed by atoms with van der Waals surface area (Å²) < 4.78 is 27.7. The summed E-state index contributed by atoms with van der Waals surface area (Å²) in [6.07, 6.45) is 3.13. The van der Waals surface area contributed by atoms with E-state index in [2.05, 4.69) is 9.71 Å². The SMILES string of the molecule is O=C1/C(=C\c2cc(Cl)ccc2Cl)SC(=S)N1c1ccc(S(=O)(=O)Nc2nccs2)cc1. The highest BCUT2D eigenvalue weighted by Crippen LogP contribution is 2.37. The van der Waals surface area contributed by atoms with Crippen LogP contribution in [-0.4, -0.2) is 23.6 Å². The maximum absolute atomic E-state index is 12.9. The summed E-state index contributed by atoms with van der Waals surface area (Å²) in [5, 5.41) is 2.89. The molecular weight excluding hydrogens is 517 g/mol. The fourth-order valence-electron chi connectivity index (χ4n) is 2.68. The lowest BCUT2D eigenvalue weighted by Gasteiger charge is -2.15. The molecule has 6 nitrogen and oxygen atoms in total. The Kier molecular flexibility index (Phi) is 6.38. The zero-order chi connectivity index (χ0) is 22.2. The zero-order valence-corrected chi connectivity index (χ0v) is 20.1. The highest BCUT2D eigenvalue weighted by molar-refractivity contribution is 8.27. The molecule has 0 bridgehead atoms. The van der Waals surface area contributed by atoms with Crippen LogP contribution < -0.4 is 9.62 Å². The lowest BCUT2D eigenvalue weighted by atomic mass is 10.2. The molecule has 3 aromatic rings. The average molecular weight is 528 g/mol. The summed E-state index contributed by atoms with van der Waals surface area (Å²) in [6, 6.07) is 10.8. The molecule has 0 saturated carbocycles. The Morgan fingerprint density at radius 2 is 1.87 bits per heavy atom. The van der Waals surface area contributed by atoms with Gasteiger partial charge in [-0.05, 0) is 54.1 Å². The molecule has 0 spiro atoms. The van der Waals surface area contributed by atoms with E-state index in [-0.39, 0.29) is 15.9 Å². The molecule has 1 N–H and O–H groups in total. The molecule has 0 radical (unpaired) electrons. The summed E-state index contributed by atoms with van der Waals surface area (Å²) in [4.78, 5) is 18.6. The number of nitrogens with zero attached hydrogens (tertiary/aromatic N) is 2. The van der Waals surface area contributed by atoms with Gasteiger partial charge in [0.05, 0.1) is 15.5 Å². The number of anilines is 2. The molecule has 158 valence electrons. The third-order valence-electron chi connectivity index (χ3n) is 4.10. The second-order valence-corrected chi connectivity index (χ2v) is 11.2. The molecule has 2 aromatic carbocycles. The van der Waals surface area contributed by atoms with Crippen molar-refractivity contribution in [2.24, 2.45) is 0 Å². The Morgan fingerprint density at radius 3 is 2.55 bits per heavy atom. The molecule has 1 aliphatic rings. The van der Waals surface area contributed by atoms with Crippen LogP contribution in [0.1, 0.15) is 5.56 Å². The van der Waals surface area contributed by atoms with Crippen LogP contribution in [0.4, 0.5) is 10.8 Å². The van der Waals surface area contributed by atoms with Crippen molar-refractivity contribution >= 4 is 95.7 Å². The maximum atomic E-state index is 12.9. The van der Waals surface area contributed by atoms with Crippen molar-refractivity contribution < 1.29 is 13.2 Å². The molecule has 0 aliphatic carbocycles. The van der Waals surface area contributed by atoms with Gasteiger partial charge < -0.3 is 0 Å². The molecule has 4 rings (SSSR count). The molecule has 12 heteroatoms. The molecule has 1 amide bonds. The topological polar surface area (TPSA) is 79.4 Å². The number of thiazole rings is 1. The lowest BCUT2D eigenvalue weighted by molar-refractivity contribution is -0.113. The minimum atomic E-state index is -3.79. The molecule has 1 aliphatic heterocycles. The fourth-order valence-corrected chi connectivity index (χ4v) is 6.11. The zero-order valence-electron chi connectivity index (χ0n) is 15.3. The minimum absolute atomic E-state index is 0.0399. The van der Waals surface area contributed by atoms with Gasteiger partial charge >= 0.3 is 0 Å². The molecule has 0 unspecified atom stereocenters. The number of halogens is 2. The number of nitrogens with one attached hydrogen (secondary N) is 1. The van der Waals surface area contributed by atoms with Gasteiger partial charge in [-0.1, -0.05) is 47.2 Å². The number of thioether (sulfide) groups is 1. The Hall–Kier alpha value is -1.95. The molecule has 1 aromatic heterocycles. The van der Waals surface area contributed by atoms with E-state index in [1.165, 1.54) is 46.7 Å². The highest BCUT2D eigenvalue weighted by atomic mass is 35.5. The first-order valence-corrected chi connectivity index (χ1v) is 12.8. The third kappa shape index (κ3) is 4.79. The van der Waals surface area contributed by atoms with Crippen molar-refractivity contribution in [3.05, 3.63) is 74.6 Å². The summed E-state index contributed by atoms with van der Waals surface area (Å²) >= 11 is 19.9. The van der Waals surface area contributed by atoms with Crippen LogP contribution in [-0.2, 0) is 14.8 Å². The quantitative estimate of drug-likeness (QED) is 0.340. The van der Waals surface area contributed by atoms with E-state index in [9.17, 15) is 13.2 Å². The van der Waals surface area contributed by atoms with E-state index in [0.717, 1.165) is 11.8 Å². The normalized spacial score (nSPS) is 15.7. The summed E-state index contributed by atoms with van der Waals surface area (Å²) in [6.45, 7) is 0. The van der Waals surface area contributed by atoms with E-state index < -0.39 is 10.0 Å². The Morgan fingerprint density at radius 1 is 1.13 bits per heavy atom. The van der Waals surface area contributed by atoms with Gasteiger partial charge in [-0.15, -0.1) is 11.3 Å². The first-order chi connectivity index (χ1) is 14.7. The Bertz CT molecular complexity index is 1310. The highest BCUT2D eigenvalue weighted by Gasteiger charge is 2.33. The predicted molar refractivity (Wildman–Crippen MR) is 131 cm³/mol. The largest absolute Gasteiger partial charge is 0.270 e. The second kappa shape index (κ2) is 8.89. The number of benzene rings is 2. The summed E-state index contributed by atoms with van der Waals surface area (Å²) in [5.41, 5.74) is 1.06. The summed E-state index contributed by atoms with van der Waals surface area (Å²) in [5.74, 6) is -0.331. The van der Waals surface area contributed by atoms with Crippen LogP contribution in [0, 0.1) is 0 Å². The first kappa shape index (κ1) is 22.3. The standard InChI is InChI=1S/C19H11Cl2N3O3S4/c20-12-1-6-15(21)11(9-12)10-16-17(25)24(19(28)30-16)13-2-4-14(5-3-13)31(26,27)23-18-22-7-8-29-18/h1-10H,(H,22,23)/b16-10+. The van der Waals surface area contributed by atoms with Crippen molar-refractivity contribution in [3.8, 4) is 0 Å². The van der Waals surface area contributed by atoms with Crippen LogP contribution in [0.15, 0.2) is 63.8 Å². The number of sulfonamides is 1. The van der Waals surface area contributed by atoms with E-state index >= 15 is 0 Å². The maximum Gasteiger partial charge on any atom is 0.270 e. The molecule has 1 saturated heterocycles. The van der Waals surface area contributed by atoms with Crippen LogP contribution >= 0.6 is 58.5 Å². The van der Waals surface area contributed by atoms with Crippen molar-refractivity contribution in [3.63, 3.8) is 0 Å². The monoisotopic (exact) mass is 527 g/mol. The van der Waals surface area contributed by atoms with Crippen molar-refractivity contribution in [2.45, 2.75) is 4.90 Å². The Labute approximate surface area is 201 Å². The van der Waals surface area contributed by atoms with Crippen LogP contribution in [0.2, 0.25) is 10.0 Å². The molecule has 1 fully saturated rings. The lowest BCUT2D eigenvalue weighted by Crippen LogP contribution is -2.27. The van der Waals surface area contributed by atoms with E-state index in [1.54, 1.807) is 29.7 Å². The van der Waals surface area contributed by atoms with Crippen LogP contribution in [0.25, 0.3) is 6.08 Å². The van der Waals surface area contributed by atoms with Crippen LogP contribution in [0.5, 0.6) is 0 Å². The van der Waals surface area contributed by atoms with Gasteiger partial charge in [0.2, 0.25) is 0 Å². The van der Waals surface area contributed by atoms with Gasteiger partial charge in [-0.25, -0.2) is 13.4 Å². The number of thiocarbonyl (C=S) groups is 1. The van der Waals surface area contributed by atoms with Gasteiger partial charge in [-0.3, -0.25) is 14.4 Å².